The molecule has 0 aliphatic carbocycles. The lowest BCUT2D eigenvalue weighted by molar-refractivity contribution is 0.442. The lowest BCUT2D eigenvalue weighted by atomic mass is 10.0. The Bertz CT molecular complexity index is 542. The van der Waals surface area contributed by atoms with Crippen molar-refractivity contribution in [1.82, 2.24) is 4.48 Å². The van der Waals surface area contributed by atoms with E-state index in [1.807, 2.05) is 6.08 Å². The van der Waals surface area contributed by atoms with Gasteiger partial charge in [0.15, 0.2) is 0 Å². The molecule has 0 unspecified atom stereocenters. The van der Waals surface area contributed by atoms with Gasteiger partial charge < -0.3 is 0 Å². The highest BCUT2D eigenvalue weighted by Crippen LogP contribution is 2.21. The van der Waals surface area contributed by atoms with Gasteiger partial charge in [-0.2, -0.15) is 0 Å². The van der Waals surface area contributed by atoms with Gasteiger partial charge in [-0.25, -0.2) is 0 Å². The van der Waals surface area contributed by atoms with Crippen LogP contribution in [0.5, 0.6) is 0 Å². The van der Waals surface area contributed by atoms with E-state index in [2.05, 4.69) is 51.9 Å². The van der Waals surface area contributed by atoms with E-state index in [1.54, 1.807) is 0 Å². The quantitative estimate of drug-likeness (QED) is 0.0951. The number of unbranched alkanes of at least 4 members (excludes halogenated alkanes) is 17. The Morgan fingerprint density at radius 3 is 1.34 bits per heavy atom. The van der Waals surface area contributed by atoms with E-state index < -0.39 is 0 Å². The number of benzene rings is 1. The minimum atomic E-state index is 0.878. The first kappa shape index (κ1) is 29.0. The van der Waals surface area contributed by atoms with Gasteiger partial charge in [0, 0.05) is 0 Å². The van der Waals surface area contributed by atoms with Crippen LogP contribution in [0.15, 0.2) is 36.9 Å². The second-order valence-electron chi connectivity index (χ2n) is 10.6. The Morgan fingerprint density at radius 2 is 0.969 bits per heavy atom. The van der Waals surface area contributed by atoms with Crippen LogP contribution in [0, 0.1) is 0 Å². The molecule has 0 aliphatic rings. The molecule has 0 radical (unpaired) electrons. The van der Waals surface area contributed by atoms with E-state index in [-0.39, 0.29) is 0 Å². The van der Waals surface area contributed by atoms with Gasteiger partial charge in [0.25, 0.3) is 0 Å². The fourth-order valence-corrected chi connectivity index (χ4v) is 4.73. The molecule has 0 saturated heterocycles. The molecule has 184 valence electrons. The van der Waals surface area contributed by atoms with E-state index >= 15 is 0 Å². The van der Waals surface area contributed by atoms with Crippen molar-refractivity contribution in [3.63, 3.8) is 0 Å². The van der Waals surface area contributed by atoms with Crippen molar-refractivity contribution in [2.75, 3.05) is 20.6 Å². The summed E-state index contributed by atoms with van der Waals surface area (Å²) < 4.78 is 0.878. The summed E-state index contributed by atoms with van der Waals surface area (Å²) in [5.74, 6) is 0. The SMILES string of the molecule is C=CC[N+](C)(C)c1ccc(CCCCCCCCCCCCCCCCCCCC)cc1. The minimum Gasteiger partial charge on any atom is -0.293 e. The molecule has 0 saturated carbocycles. The molecule has 0 aromatic heterocycles. The predicted molar refractivity (Wildman–Crippen MR) is 148 cm³/mol. The van der Waals surface area contributed by atoms with E-state index in [0.29, 0.717) is 0 Å². The fourth-order valence-electron chi connectivity index (χ4n) is 4.73. The monoisotopic (exact) mass is 442 g/mol. The molecule has 0 aliphatic heterocycles. The van der Waals surface area contributed by atoms with E-state index in [0.717, 1.165) is 11.0 Å². The van der Waals surface area contributed by atoms with Crippen LogP contribution < -0.4 is 4.48 Å². The highest BCUT2D eigenvalue weighted by molar-refractivity contribution is 5.43. The number of quaternary nitrogens is 1. The van der Waals surface area contributed by atoms with Gasteiger partial charge in [-0.15, -0.1) is 0 Å². The van der Waals surface area contributed by atoms with Gasteiger partial charge in [0.05, 0.1) is 14.1 Å². The summed E-state index contributed by atoms with van der Waals surface area (Å²) in [4.78, 5) is 0. The van der Waals surface area contributed by atoms with Gasteiger partial charge in [-0.05, 0) is 36.6 Å². The van der Waals surface area contributed by atoms with E-state index in [1.165, 1.54) is 133 Å². The van der Waals surface area contributed by atoms with Gasteiger partial charge in [-0.3, -0.25) is 4.48 Å². The molecule has 1 rings (SSSR count). The summed E-state index contributed by atoms with van der Waals surface area (Å²) in [6.07, 6.45) is 29.2. The molecule has 0 N–H and O–H groups in total. The van der Waals surface area contributed by atoms with Crippen molar-refractivity contribution in [3.05, 3.63) is 42.5 Å². The lowest BCUT2D eigenvalue weighted by Crippen LogP contribution is -2.40. The first-order valence-corrected chi connectivity index (χ1v) is 14.1. The Hall–Kier alpha value is -1.08. The van der Waals surface area contributed by atoms with Crippen molar-refractivity contribution in [1.29, 1.82) is 0 Å². The fraction of sp³-hybridized carbons (Fsp3) is 0.742. The Labute approximate surface area is 202 Å². The third kappa shape index (κ3) is 14.9. The molecule has 0 amide bonds. The topological polar surface area (TPSA) is 0 Å². The molecule has 32 heavy (non-hydrogen) atoms. The van der Waals surface area contributed by atoms with Crippen molar-refractivity contribution in [3.8, 4) is 0 Å². The maximum Gasteiger partial charge on any atom is 0.132 e. The average molecular weight is 443 g/mol. The highest BCUT2D eigenvalue weighted by Gasteiger charge is 2.16. The van der Waals surface area contributed by atoms with E-state index in [9.17, 15) is 0 Å². The molecule has 0 fully saturated rings. The number of rotatable bonds is 22. The normalized spacial score (nSPS) is 11.7. The van der Waals surface area contributed by atoms with Crippen LogP contribution in [0.2, 0.25) is 0 Å². The molecule has 1 aromatic rings. The molecule has 0 atom stereocenters. The summed E-state index contributed by atoms with van der Waals surface area (Å²) in [5, 5.41) is 0. The zero-order chi connectivity index (χ0) is 23.3. The summed E-state index contributed by atoms with van der Waals surface area (Å²) >= 11 is 0. The number of hydrogen-bond donors (Lipinski definition) is 0. The van der Waals surface area contributed by atoms with Gasteiger partial charge in [-0.1, -0.05) is 135 Å². The minimum absolute atomic E-state index is 0.878. The molecular formula is C31H56N+. The maximum atomic E-state index is 3.88. The smallest absolute Gasteiger partial charge is 0.132 e. The van der Waals surface area contributed by atoms with Gasteiger partial charge >= 0.3 is 0 Å². The van der Waals surface area contributed by atoms with Crippen LogP contribution in [-0.2, 0) is 6.42 Å². The second-order valence-corrected chi connectivity index (χ2v) is 10.6. The van der Waals surface area contributed by atoms with Gasteiger partial charge in [0.2, 0.25) is 0 Å². The average Bonchev–Trinajstić information content (AvgIpc) is 2.78. The lowest BCUT2D eigenvalue weighted by Gasteiger charge is -2.27. The largest absolute Gasteiger partial charge is 0.293 e. The number of nitrogens with zero attached hydrogens (tertiary/aromatic N) is 1. The molecule has 1 nitrogen and oxygen atoms in total. The molecular weight excluding hydrogens is 386 g/mol. The van der Waals surface area contributed by atoms with E-state index in [4.69, 9.17) is 0 Å². The molecule has 0 bridgehead atoms. The Balaban J connectivity index is 1.87. The Morgan fingerprint density at radius 1 is 0.594 bits per heavy atom. The first-order chi connectivity index (χ1) is 15.6. The third-order valence-electron chi connectivity index (χ3n) is 7.04. The summed E-state index contributed by atoms with van der Waals surface area (Å²) in [7, 11) is 4.49. The zero-order valence-electron chi connectivity index (χ0n) is 22.2. The third-order valence-corrected chi connectivity index (χ3v) is 7.04. The van der Waals surface area contributed by atoms with Crippen molar-refractivity contribution >= 4 is 5.69 Å². The molecule has 1 aromatic carbocycles. The van der Waals surface area contributed by atoms with Crippen LogP contribution >= 0.6 is 0 Å². The number of hydrogen-bond acceptors (Lipinski definition) is 0. The van der Waals surface area contributed by atoms with Crippen molar-refractivity contribution in [2.45, 2.75) is 129 Å². The van der Waals surface area contributed by atoms with Crippen LogP contribution in [0.3, 0.4) is 0 Å². The van der Waals surface area contributed by atoms with Gasteiger partial charge in [0.1, 0.15) is 12.2 Å². The van der Waals surface area contributed by atoms with Crippen LogP contribution in [0.25, 0.3) is 0 Å². The highest BCUT2D eigenvalue weighted by atomic mass is 15.3. The molecule has 1 heteroatoms. The summed E-state index contributed by atoms with van der Waals surface area (Å²) in [6, 6.07) is 9.25. The Kier molecular flexibility index (Phi) is 17.5. The first-order valence-electron chi connectivity index (χ1n) is 14.1. The predicted octanol–water partition coefficient (Wildman–Crippen LogP) is 10.0. The van der Waals surface area contributed by atoms with Crippen LogP contribution in [0.4, 0.5) is 5.69 Å². The number of likely N-dealkylation sites (N-methyl/N-ethyl adjacent to an activating group) is 1. The van der Waals surface area contributed by atoms with Crippen molar-refractivity contribution < 1.29 is 0 Å². The van der Waals surface area contributed by atoms with Crippen LogP contribution in [-0.4, -0.2) is 20.6 Å². The van der Waals surface area contributed by atoms with Crippen LogP contribution in [0.1, 0.15) is 128 Å². The second kappa shape index (κ2) is 19.4. The molecule has 0 spiro atoms. The summed E-state index contributed by atoms with van der Waals surface area (Å²) in [5.41, 5.74) is 2.86. The maximum absolute atomic E-state index is 3.88. The summed E-state index contributed by atoms with van der Waals surface area (Å²) in [6.45, 7) is 7.15. The van der Waals surface area contributed by atoms with Crippen molar-refractivity contribution in [2.24, 2.45) is 0 Å². The number of aryl methyl sites for hydroxylation is 1. The molecule has 0 heterocycles. The zero-order valence-corrected chi connectivity index (χ0v) is 22.2. The standard InChI is InChI=1S/C31H56N/c1-5-7-8-9-10-11-12-13-14-15-16-17-18-19-20-21-22-23-24-30-25-27-31(28-26-30)32(3,4)29-6-2/h6,25-28H,2,5,7-24,29H2,1,3-4H3/q+1.